The van der Waals surface area contributed by atoms with Gasteiger partial charge in [-0.25, -0.2) is 4.79 Å². The zero-order valence-corrected chi connectivity index (χ0v) is 29.6. The van der Waals surface area contributed by atoms with E-state index >= 15 is 0 Å². The van der Waals surface area contributed by atoms with E-state index in [-0.39, 0.29) is 11.8 Å². The maximum atomic E-state index is 14.6. The maximum Gasteiger partial charge on any atom is 0.408 e. The van der Waals surface area contributed by atoms with Crippen LogP contribution in [-0.2, 0) is 14.3 Å². The number of unbranched alkanes of at least 4 members (excludes halogenated alkanes) is 5. The number of amides is 3. The van der Waals surface area contributed by atoms with Crippen molar-refractivity contribution in [2.75, 3.05) is 23.9 Å². The molecule has 2 N–H and O–H groups in total. The zero-order valence-electron chi connectivity index (χ0n) is 28.8. The van der Waals surface area contributed by atoms with Gasteiger partial charge in [0.1, 0.15) is 17.7 Å². The first-order chi connectivity index (χ1) is 21.9. The minimum atomic E-state index is -0.896. The Kier molecular flexibility index (Phi) is 14.4. The monoisotopic (exact) mass is 647 g/mol. The summed E-state index contributed by atoms with van der Waals surface area (Å²) in [7, 11) is 0. The molecule has 0 bridgehead atoms. The number of aryl methyl sites for hydroxylation is 2. The summed E-state index contributed by atoms with van der Waals surface area (Å²) < 4.78 is 5.55. The van der Waals surface area contributed by atoms with E-state index < -0.39 is 23.8 Å². The van der Waals surface area contributed by atoms with Crippen molar-refractivity contribution in [3.05, 3.63) is 77.4 Å². The summed E-state index contributed by atoms with van der Waals surface area (Å²) in [6, 6.07) is 18.1. The van der Waals surface area contributed by atoms with Crippen molar-refractivity contribution in [3.8, 4) is 0 Å². The van der Waals surface area contributed by atoms with Gasteiger partial charge in [-0.3, -0.25) is 9.59 Å². The normalized spacial score (nSPS) is 12.8. The molecule has 3 rings (SSSR count). The molecule has 0 heterocycles. The molecule has 7 nitrogen and oxygen atoms in total. The molecule has 3 amide bonds. The Hall–Kier alpha value is -3.52. The summed E-state index contributed by atoms with van der Waals surface area (Å²) in [5.74, 6) is 0.0868. The number of alkyl carbamates (subject to hydrolysis) is 1. The summed E-state index contributed by atoms with van der Waals surface area (Å²) in [6.45, 7) is 12.0. The molecule has 0 saturated heterocycles. The van der Waals surface area contributed by atoms with Crippen LogP contribution in [0.25, 0.3) is 10.8 Å². The van der Waals surface area contributed by atoms with Crippen molar-refractivity contribution in [1.82, 2.24) is 10.2 Å². The predicted octanol–water partition coefficient (Wildman–Crippen LogP) is 8.97. The molecule has 3 aromatic rings. The molecular weight excluding hydrogens is 595 g/mol. The third kappa shape index (κ3) is 11.4. The topological polar surface area (TPSA) is 87.7 Å². The Morgan fingerprint density at radius 3 is 2.26 bits per heavy atom. The van der Waals surface area contributed by atoms with Gasteiger partial charge in [0.25, 0.3) is 5.91 Å². The molecule has 250 valence electrons. The molecule has 0 saturated carbocycles. The van der Waals surface area contributed by atoms with Crippen molar-refractivity contribution in [3.63, 3.8) is 0 Å². The van der Waals surface area contributed by atoms with Crippen LogP contribution >= 0.6 is 11.8 Å². The molecule has 0 aliphatic heterocycles. The summed E-state index contributed by atoms with van der Waals surface area (Å²) in [4.78, 5) is 43.7. The van der Waals surface area contributed by atoms with E-state index in [2.05, 4.69) is 17.6 Å². The van der Waals surface area contributed by atoms with Crippen LogP contribution in [0, 0.1) is 13.8 Å². The Morgan fingerprint density at radius 2 is 1.59 bits per heavy atom. The van der Waals surface area contributed by atoms with Crippen LogP contribution in [0.1, 0.15) is 95.4 Å². The molecule has 2 atom stereocenters. The average Bonchev–Trinajstić information content (AvgIpc) is 2.99. The summed E-state index contributed by atoms with van der Waals surface area (Å²) in [5.41, 5.74) is 2.73. The van der Waals surface area contributed by atoms with Crippen molar-refractivity contribution in [2.45, 2.75) is 104 Å². The van der Waals surface area contributed by atoms with E-state index in [0.717, 1.165) is 59.6 Å². The van der Waals surface area contributed by atoms with Crippen molar-refractivity contribution in [2.24, 2.45) is 0 Å². The van der Waals surface area contributed by atoms with Gasteiger partial charge in [-0.15, -0.1) is 0 Å². The highest BCUT2D eigenvalue weighted by Gasteiger charge is 2.36. The third-order valence-corrected chi connectivity index (χ3v) is 8.58. The molecule has 2 unspecified atom stereocenters. The summed E-state index contributed by atoms with van der Waals surface area (Å²) in [5, 5.41) is 8.08. The lowest BCUT2D eigenvalue weighted by Gasteiger charge is -2.35. The molecule has 0 aliphatic carbocycles. The number of thioether (sulfide) groups is 1. The van der Waals surface area contributed by atoms with Gasteiger partial charge < -0.3 is 20.3 Å². The van der Waals surface area contributed by atoms with Crippen molar-refractivity contribution < 1.29 is 19.1 Å². The third-order valence-electron chi connectivity index (χ3n) is 7.93. The molecule has 3 aromatic carbocycles. The van der Waals surface area contributed by atoms with E-state index in [1.165, 1.54) is 6.42 Å². The van der Waals surface area contributed by atoms with Gasteiger partial charge in [-0.1, -0.05) is 93.1 Å². The molecular formula is C38H53N3O4S. The van der Waals surface area contributed by atoms with Gasteiger partial charge in [0, 0.05) is 12.2 Å². The Morgan fingerprint density at radius 1 is 0.891 bits per heavy atom. The highest BCUT2D eigenvalue weighted by Crippen LogP contribution is 2.29. The number of benzene rings is 3. The van der Waals surface area contributed by atoms with Gasteiger partial charge in [-0.2, -0.15) is 11.8 Å². The molecule has 0 spiro atoms. The first-order valence-corrected chi connectivity index (χ1v) is 18.0. The molecule has 0 aromatic heterocycles. The van der Waals surface area contributed by atoms with Crippen LogP contribution < -0.4 is 10.6 Å². The minimum Gasteiger partial charge on any atom is -0.444 e. The molecule has 46 heavy (non-hydrogen) atoms. The number of carbonyl (C=O) groups excluding carboxylic acids is 3. The number of rotatable bonds is 16. The first-order valence-electron chi connectivity index (χ1n) is 16.6. The van der Waals surface area contributed by atoms with E-state index in [0.29, 0.717) is 24.4 Å². The Labute approximate surface area is 280 Å². The standard InChI is InChI=1S/C38H53N3O4S/c1-8-9-10-11-12-15-23-41(36(43)33(22-24-46-7)40-37(44)45-38(4,5)6)34(32-21-18-27(2)25-28(32)3)35(42)39-31-20-19-29-16-13-14-17-30(29)26-31/h13-14,16-21,25-26,33-34H,8-12,15,22-24H2,1-7H3,(H,39,42)(H,40,44). The van der Waals surface area contributed by atoms with Gasteiger partial charge >= 0.3 is 6.09 Å². The highest BCUT2D eigenvalue weighted by molar-refractivity contribution is 7.98. The lowest BCUT2D eigenvalue weighted by molar-refractivity contribution is -0.141. The fourth-order valence-electron chi connectivity index (χ4n) is 5.63. The van der Waals surface area contributed by atoms with Crippen LogP contribution in [0.5, 0.6) is 0 Å². The van der Waals surface area contributed by atoms with Crippen LogP contribution in [-0.4, -0.2) is 53.0 Å². The highest BCUT2D eigenvalue weighted by atomic mass is 32.2. The quantitative estimate of drug-likeness (QED) is 0.152. The van der Waals surface area contributed by atoms with Gasteiger partial charge in [0.15, 0.2) is 0 Å². The predicted molar refractivity (Wildman–Crippen MR) is 192 cm³/mol. The second kappa shape index (κ2) is 18.0. The van der Waals surface area contributed by atoms with E-state index in [9.17, 15) is 14.4 Å². The summed E-state index contributed by atoms with van der Waals surface area (Å²) in [6.07, 6.45) is 7.99. The number of nitrogens with one attached hydrogen (secondary N) is 2. The van der Waals surface area contributed by atoms with Crippen molar-refractivity contribution in [1.29, 1.82) is 0 Å². The van der Waals surface area contributed by atoms with Crippen LogP contribution in [0.4, 0.5) is 10.5 Å². The van der Waals surface area contributed by atoms with E-state index in [1.54, 1.807) is 37.4 Å². The van der Waals surface area contributed by atoms with Gasteiger partial charge in [-0.05, 0) is 93.5 Å². The second-order valence-electron chi connectivity index (χ2n) is 13.1. The number of hydrogen-bond acceptors (Lipinski definition) is 5. The molecule has 0 radical (unpaired) electrons. The average molecular weight is 648 g/mol. The van der Waals surface area contributed by atoms with E-state index in [4.69, 9.17) is 4.74 Å². The number of nitrogens with zero attached hydrogens (tertiary/aromatic N) is 1. The first kappa shape index (κ1) is 36.9. The summed E-state index contributed by atoms with van der Waals surface area (Å²) >= 11 is 1.60. The second-order valence-corrected chi connectivity index (χ2v) is 14.1. The lowest BCUT2D eigenvalue weighted by atomic mass is 9.95. The van der Waals surface area contributed by atoms with Crippen LogP contribution in [0.15, 0.2) is 60.7 Å². The Balaban J connectivity index is 2.04. The number of carbonyl (C=O) groups is 3. The maximum absolute atomic E-state index is 14.6. The fraction of sp³-hybridized carbons (Fsp3) is 0.500. The number of anilines is 1. The van der Waals surface area contributed by atoms with Crippen LogP contribution in [0.2, 0.25) is 0 Å². The molecule has 0 aliphatic rings. The van der Waals surface area contributed by atoms with Gasteiger partial charge in [0.05, 0.1) is 0 Å². The van der Waals surface area contributed by atoms with Gasteiger partial charge in [0.2, 0.25) is 5.91 Å². The lowest BCUT2D eigenvalue weighted by Crippen LogP contribution is -2.53. The van der Waals surface area contributed by atoms with Crippen molar-refractivity contribution >= 4 is 46.1 Å². The fourth-order valence-corrected chi connectivity index (χ4v) is 6.10. The number of ether oxygens (including phenoxy) is 1. The zero-order chi connectivity index (χ0) is 33.7. The largest absolute Gasteiger partial charge is 0.444 e. The smallest absolute Gasteiger partial charge is 0.408 e. The number of fused-ring (bicyclic) bond motifs is 1. The number of hydrogen-bond donors (Lipinski definition) is 2. The molecule has 8 heteroatoms. The Bertz CT molecular complexity index is 1450. The molecule has 0 fully saturated rings. The minimum absolute atomic E-state index is 0.285. The van der Waals surface area contributed by atoms with E-state index in [1.807, 2.05) is 80.8 Å². The SMILES string of the molecule is CCCCCCCCN(C(=O)C(CCSC)NC(=O)OC(C)(C)C)C(C(=O)Nc1ccc2ccccc2c1)c1ccc(C)cc1C. The van der Waals surface area contributed by atoms with Crippen LogP contribution in [0.3, 0.4) is 0 Å².